The topological polar surface area (TPSA) is 63.5 Å². The summed E-state index contributed by atoms with van der Waals surface area (Å²) in [5, 5.41) is 5.02. The summed E-state index contributed by atoms with van der Waals surface area (Å²) >= 11 is 0. The van der Waals surface area contributed by atoms with Gasteiger partial charge in [0.1, 0.15) is 5.82 Å². The van der Waals surface area contributed by atoms with Crippen LogP contribution in [-0.4, -0.2) is 52.4 Å². The van der Waals surface area contributed by atoms with Crippen LogP contribution in [0.4, 0.5) is 11.6 Å². The average Bonchev–Trinajstić information content (AvgIpc) is 3.14. The first-order chi connectivity index (χ1) is 14.0. The lowest BCUT2D eigenvalue weighted by Gasteiger charge is -2.29. The Labute approximate surface area is 173 Å². The number of hydrogen-bond acceptors (Lipinski definition) is 5. The Balaban J connectivity index is 0.00000117. The number of hydrogen-bond donors (Lipinski definition) is 0. The van der Waals surface area contributed by atoms with Crippen LogP contribution in [-0.2, 0) is 22.5 Å². The SMILES string of the molecule is CC.CC(=O)N1CCc2c(c(N(C)c3ccc(C)cn3)nn2C2CCOCC2)C1. The molecule has 2 aromatic heterocycles. The number of carbonyl (C=O) groups excluding carboxylic acids is 1. The Morgan fingerprint density at radius 2 is 1.97 bits per heavy atom. The minimum absolute atomic E-state index is 0.113. The molecule has 0 aliphatic carbocycles. The molecule has 7 nitrogen and oxygen atoms in total. The van der Waals surface area contributed by atoms with Crippen LogP contribution in [0.25, 0.3) is 0 Å². The Morgan fingerprint density at radius 3 is 2.59 bits per heavy atom. The van der Waals surface area contributed by atoms with Gasteiger partial charge in [-0.05, 0) is 31.4 Å². The van der Waals surface area contributed by atoms with Crippen molar-refractivity contribution in [2.24, 2.45) is 0 Å². The fourth-order valence-corrected chi connectivity index (χ4v) is 3.97. The molecule has 0 spiro atoms. The molecule has 1 saturated heterocycles. The number of nitrogens with zero attached hydrogens (tertiary/aromatic N) is 5. The fraction of sp³-hybridized carbons (Fsp3) is 0.591. The zero-order valence-corrected chi connectivity index (χ0v) is 18.3. The molecule has 2 aliphatic heterocycles. The highest BCUT2D eigenvalue weighted by Crippen LogP contribution is 2.35. The number of rotatable bonds is 3. The Kier molecular flexibility index (Phi) is 6.90. The van der Waals surface area contributed by atoms with Crippen molar-refractivity contribution in [1.82, 2.24) is 19.7 Å². The second kappa shape index (κ2) is 9.39. The molecule has 7 heteroatoms. The van der Waals surface area contributed by atoms with Crippen LogP contribution in [0.5, 0.6) is 0 Å². The van der Waals surface area contributed by atoms with Gasteiger partial charge in [0.2, 0.25) is 5.91 Å². The maximum absolute atomic E-state index is 12.0. The first-order valence-corrected chi connectivity index (χ1v) is 10.6. The molecule has 0 bridgehead atoms. The van der Waals surface area contributed by atoms with Gasteiger partial charge >= 0.3 is 0 Å². The number of amides is 1. The molecule has 1 fully saturated rings. The molecule has 1 amide bonds. The molecular weight excluding hydrogens is 366 g/mol. The van der Waals surface area contributed by atoms with Crippen molar-refractivity contribution < 1.29 is 9.53 Å². The molecule has 0 radical (unpaired) electrons. The summed E-state index contributed by atoms with van der Waals surface area (Å²) in [7, 11) is 2.00. The van der Waals surface area contributed by atoms with Crippen LogP contribution in [0.3, 0.4) is 0 Å². The van der Waals surface area contributed by atoms with Gasteiger partial charge in [-0.2, -0.15) is 5.10 Å². The molecule has 4 rings (SSSR count). The summed E-state index contributed by atoms with van der Waals surface area (Å²) in [5.74, 6) is 1.88. The van der Waals surface area contributed by atoms with Crippen molar-refractivity contribution in [3.63, 3.8) is 0 Å². The van der Waals surface area contributed by atoms with E-state index in [0.29, 0.717) is 12.6 Å². The van der Waals surface area contributed by atoms with Crippen LogP contribution in [0.1, 0.15) is 56.5 Å². The van der Waals surface area contributed by atoms with E-state index in [0.717, 1.165) is 61.8 Å². The average molecular weight is 400 g/mol. The minimum atomic E-state index is 0.113. The predicted molar refractivity (Wildman–Crippen MR) is 114 cm³/mol. The van der Waals surface area contributed by atoms with Crippen LogP contribution in [0.15, 0.2) is 18.3 Å². The van der Waals surface area contributed by atoms with E-state index in [1.165, 1.54) is 5.69 Å². The van der Waals surface area contributed by atoms with Crippen molar-refractivity contribution >= 4 is 17.5 Å². The van der Waals surface area contributed by atoms with Crippen molar-refractivity contribution in [3.05, 3.63) is 35.2 Å². The summed E-state index contributed by atoms with van der Waals surface area (Å²) in [5.41, 5.74) is 3.53. The molecule has 4 heterocycles. The molecule has 0 saturated carbocycles. The van der Waals surface area contributed by atoms with Gasteiger partial charge in [0.25, 0.3) is 0 Å². The lowest BCUT2D eigenvalue weighted by Crippen LogP contribution is -2.35. The van der Waals surface area contributed by atoms with Gasteiger partial charge in [-0.1, -0.05) is 19.9 Å². The van der Waals surface area contributed by atoms with E-state index in [1.807, 2.05) is 49.9 Å². The number of ether oxygens (including phenoxy) is 1. The first kappa shape index (κ1) is 21.3. The largest absolute Gasteiger partial charge is 0.381 e. The fourth-order valence-electron chi connectivity index (χ4n) is 3.97. The molecular formula is C22H33N5O2. The maximum atomic E-state index is 12.0. The number of carbonyl (C=O) groups is 1. The molecule has 0 N–H and O–H groups in total. The second-order valence-electron chi connectivity index (χ2n) is 7.48. The van der Waals surface area contributed by atoms with E-state index >= 15 is 0 Å². The lowest BCUT2D eigenvalue weighted by atomic mass is 10.0. The quantitative estimate of drug-likeness (QED) is 0.789. The minimum Gasteiger partial charge on any atom is -0.381 e. The van der Waals surface area contributed by atoms with Gasteiger partial charge in [-0.15, -0.1) is 0 Å². The number of anilines is 2. The van der Waals surface area contributed by atoms with Gasteiger partial charge in [-0.25, -0.2) is 4.98 Å². The number of pyridine rings is 1. The van der Waals surface area contributed by atoms with Crippen LogP contribution in [0, 0.1) is 6.92 Å². The van der Waals surface area contributed by atoms with Gasteiger partial charge in [0.05, 0.1) is 12.6 Å². The maximum Gasteiger partial charge on any atom is 0.219 e. The smallest absolute Gasteiger partial charge is 0.219 e. The van der Waals surface area contributed by atoms with E-state index in [-0.39, 0.29) is 5.91 Å². The molecule has 2 aliphatic rings. The van der Waals surface area contributed by atoms with Crippen LogP contribution < -0.4 is 4.90 Å². The van der Waals surface area contributed by atoms with E-state index in [9.17, 15) is 4.79 Å². The molecule has 0 aromatic carbocycles. The zero-order chi connectivity index (χ0) is 21.0. The summed E-state index contributed by atoms with van der Waals surface area (Å²) in [4.78, 5) is 20.5. The van der Waals surface area contributed by atoms with Crippen molar-refractivity contribution in [1.29, 1.82) is 0 Å². The van der Waals surface area contributed by atoms with E-state index < -0.39 is 0 Å². The van der Waals surface area contributed by atoms with Gasteiger partial charge in [0.15, 0.2) is 5.82 Å². The van der Waals surface area contributed by atoms with Gasteiger partial charge < -0.3 is 14.5 Å². The third kappa shape index (κ3) is 4.45. The summed E-state index contributed by atoms with van der Waals surface area (Å²) < 4.78 is 7.74. The first-order valence-electron chi connectivity index (χ1n) is 10.6. The molecule has 29 heavy (non-hydrogen) atoms. The Bertz CT molecular complexity index is 824. The highest BCUT2D eigenvalue weighted by molar-refractivity contribution is 5.74. The Morgan fingerprint density at radius 1 is 1.24 bits per heavy atom. The second-order valence-corrected chi connectivity index (χ2v) is 7.48. The predicted octanol–water partition coefficient (Wildman–Crippen LogP) is 3.64. The number of aryl methyl sites for hydroxylation is 1. The van der Waals surface area contributed by atoms with Crippen molar-refractivity contribution in [2.75, 3.05) is 31.7 Å². The van der Waals surface area contributed by atoms with Crippen molar-refractivity contribution in [3.8, 4) is 0 Å². The molecule has 0 unspecified atom stereocenters. The summed E-state index contributed by atoms with van der Waals surface area (Å²) in [6.07, 6.45) is 4.68. The number of aromatic nitrogens is 3. The van der Waals surface area contributed by atoms with E-state index in [2.05, 4.69) is 15.7 Å². The zero-order valence-electron chi connectivity index (χ0n) is 18.3. The monoisotopic (exact) mass is 399 g/mol. The van der Waals surface area contributed by atoms with Gasteiger partial charge in [0, 0.05) is 57.6 Å². The molecule has 2 aromatic rings. The highest BCUT2D eigenvalue weighted by Gasteiger charge is 2.31. The molecule has 0 atom stereocenters. The molecule has 158 valence electrons. The standard InChI is InChI=1S/C20H27N5O2.C2H6/c1-14-4-5-19(21-12-14)23(3)20-17-13-24(15(2)26)9-6-18(17)25(22-20)16-7-10-27-11-8-16;1-2/h4-5,12,16H,6-11,13H2,1-3H3;1-2H3. The summed E-state index contributed by atoms with van der Waals surface area (Å²) in [6.45, 7) is 10.6. The normalized spacial score (nSPS) is 16.7. The lowest BCUT2D eigenvalue weighted by molar-refractivity contribution is -0.129. The third-order valence-electron chi connectivity index (χ3n) is 5.60. The van der Waals surface area contributed by atoms with Gasteiger partial charge in [-0.3, -0.25) is 9.48 Å². The Hall–Kier alpha value is -2.41. The van der Waals surface area contributed by atoms with Crippen molar-refractivity contribution in [2.45, 2.75) is 59.5 Å². The van der Waals surface area contributed by atoms with Crippen LogP contribution in [0.2, 0.25) is 0 Å². The van der Waals surface area contributed by atoms with E-state index in [4.69, 9.17) is 9.84 Å². The third-order valence-corrected chi connectivity index (χ3v) is 5.60. The summed E-state index contributed by atoms with van der Waals surface area (Å²) in [6, 6.07) is 4.44. The highest BCUT2D eigenvalue weighted by atomic mass is 16.5. The van der Waals surface area contributed by atoms with Crippen LogP contribution >= 0.6 is 0 Å². The van der Waals surface area contributed by atoms with E-state index in [1.54, 1.807) is 6.92 Å². The number of fused-ring (bicyclic) bond motifs is 1.